The molecule has 1 N–H and O–H groups in total. The van der Waals surface area contributed by atoms with Crippen LogP contribution in [0.5, 0.6) is 0 Å². The van der Waals surface area contributed by atoms with Crippen molar-refractivity contribution in [1.82, 2.24) is 5.32 Å². The Morgan fingerprint density at radius 3 is 2.88 bits per heavy atom. The predicted octanol–water partition coefficient (Wildman–Crippen LogP) is 3.33. The lowest BCUT2D eigenvalue weighted by Gasteiger charge is -2.41. The van der Waals surface area contributed by atoms with Crippen LogP contribution in [0.1, 0.15) is 25.8 Å². The van der Waals surface area contributed by atoms with Crippen molar-refractivity contribution in [2.45, 2.75) is 39.3 Å². The van der Waals surface area contributed by atoms with Crippen LogP contribution in [-0.2, 0) is 0 Å². The van der Waals surface area contributed by atoms with Crippen LogP contribution in [0.15, 0.2) is 22.7 Å². The fourth-order valence-corrected chi connectivity index (χ4v) is 3.03. The Morgan fingerprint density at radius 1 is 1.47 bits per heavy atom. The van der Waals surface area contributed by atoms with E-state index in [2.05, 4.69) is 65.1 Å². The Balaban J connectivity index is 2.28. The number of hydrogen-bond donors (Lipinski definition) is 1. The topological polar surface area (TPSA) is 15.3 Å². The highest BCUT2D eigenvalue weighted by molar-refractivity contribution is 9.10. The fourth-order valence-electron chi connectivity index (χ4n) is 2.56. The van der Waals surface area contributed by atoms with Gasteiger partial charge in [0.15, 0.2) is 0 Å². The smallest absolute Gasteiger partial charge is 0.0412 e. The molecule has 1 aliphatic heterocycles. The third-order valence-electron chi connectivity index (χ3n) is 3.55. The van der Waals surface area contributed by atoms with Gasteiger partial charge in [0.2, 0.25) is 0 Å². The monoisotopic (exact) mass is 296 g/mol. The highest BCUT2D eigenvalue weighted by Gasteiger charge is 2.25. The Hall–Kier alpha value is -0.540. The van der Waals surface area contributed by atoms with E-state index in [1.807, 2.05) is 0 Å². The van der Waals surface area contributed by atoms with Crippen LogP contribution in [-0.4, -0.2) is 25.2 Å². The maximum atomic E-state index is 3.56. The molecule has 1 aliphatic rings. The molecule has 0 radical (unpaired) electrons. The first-order valence-electron chi connectivity index (χ1n) is 6.38. The number of nitrogens with zero attached hydrogens (tertiary/aromatic N) is 1. The number of piperazine rings is 1. The third kappa shape index (κ3) is 2.83. The molecule has 2 nitrogen and oxygen atoms in total. The van der Waals surface area contributed by atoms with Crippen LogP contribution in [0.25, 0.3) is 0 Å². The van der Waals surface area contributed by atoms with Gasteiger partial charge < -0.3 is 10.2 Å². The van der Waals surface area contributed by atoms with Crippen LogP contribution in [0, 0.1) is 6.92 Å². The summed E-state index contributed by atoms with van der Waals surface area (Å²) in [6, 6.07) is 7.77. The molecular weight excluding hydrogens is 276 g/mol. The number of anilines is 1. The summed E-state index contributed by atoms with van der Waals surface area (Å²) in [5, 5.41) is 3.56. The molecule has 0 bridgehead atoms. The van der Waals surface area contributed by atoms with Crippen molar-refractivity contribution in [1.29, 1.82) is 0 Å². The van der Waals surface area contributed by atoms with E-state index in [1.54, 1.807) is 0 Å². The molecule has 1 aromatic carbocycles. The lowest BCUT2D eigenvalue weighted by molar-refractivity contribution is 0.402. The standard InChI is InChI=1S/C14H21BrN2/c1-4-13-8-16-11(3)9-17(13)14-6-5-12(15)7-10(14)2/h5-7,11,13,16H,4,8-9H2,1-3H3. The molecule has 2 rings (SSSR count). The normalized spacial score (nSPS) is 25.1. The average Bonchev–Trinajstić information content (AvgIpc) is 2.29. The number of aryl methyl sites for hydroxylation is 1. The van der Waals surface area contributed by atoms with E-state index in [-0.39, 0.29) is 0 Å². The molecule has 94 valence electrons. The van der Waals surface area contributed by atoms with E-state index >= 15 is 0 Å². The van der Waals surface area contributed by atoms with Crippen LogP contribution in [0.2, 0.25) is 0 Å². The summed E-state index contributed by atoms with van der Waals surface area (Å²) in [6.45, 7) is 8.91. The summed E-state index contributed by atoms with van der Waals surface area (Å²) in [6.07, 6.45) is 1.19. The van der Waals surface area contributed by atoms with E-state index in [0.717, 1.165) is 17.6 Å². The summed E-state index contributed by atoms with van der Waals surface area (Å²) in [7, 11) is 0. The zero-order chi connectivity index (χ0) is 12.4. The van der Waals surface area contributed by atoms with Crippen LogP contribution in [0.3, 0.4) is 0 Å². The first-order valence-corrected chi connectivity index (χ1v) is 7.17. The maximum absolute atomic E-state index is 3.56. The minimum Gasteiger partial charge on any atom is -0.366 e. The number of nitrogens with one attached hydrogen (secondary N) is 1. The van der Waals surface area contributed by atoms with Crippen molar-refractivity contribution in [2.75, 3.05) is 18.0 Å². The fraction of sp³-hybridized carbons (Fsp3) is 0.571. The van der Waals surface area contributed by atoms with Gasteiger partial charge in [0, 0.05) is 35.3 Å². The molecule has 17 heavy (non-hydrogen) atoms. The van der Waals surface area contributed by atoms with Gasteiger partial charge in [0.1, 0.15) is 0 Å². The second kappa shape index (κ2) is 5.40. The molecule has 0 amide bonds. The van der Waals surface area contributed by atoms with E-state index in [1.165, 1.54) is 17.7 Å². The molecular formula is C14H21BrN2. The molecule has 1 heterocycles. The lowest BCUT2D eigenvalue weighted by Crippen LogP contribution is -2.55. The summed E-state index contributed by atoms with van der Waals surface area (Å²) >= 11 is 3.53. The van der Waals surface area contributed by atoms with Crippen molar-refractivity contribution >= 4 is 21.6 Å². The van der Waals surface area contributed by atoms with Crippen LogP contribution < -0.4 is 10.2 Å². The molecule has 1 fully saturated rings. The summed E-state index contributed by atoms with van der Waals surface area (Å²) in [5.74, 6) is 0. The average molecular weight is 297 g/mol. The molecule has 0 aromatic heterocycles. The van der Waals surface area contributed by atoms with Gasteiger partial charge in [-0.3, -0.25) is 0 Å². The molecule has 1 saturated heterocycles. The zero-order valence-electron chi connectivity index (χ0n) is 10.8. The van der Waals surface area contributed by atoms with Crippen molar-refractivity contribution in [3.05, 3.63) is 28.2 Å². The van der Waals surface area contributed by atoms with Crippen molar-refractivity contribution < 1.29 is 0 Å². The number of halogens is 1. The quantitative estimate of drug-likeness (QED) is 0.900. The maximum Gasteiger partial charge on any atom is 0.0412 e. The first kappa shape index (κ1) is 12.9. The van der Waals surface area contributed by atoms with Gasteiger partial charge >= 0.3 is 0 Å². The highest BCUT2D eigenvalue weighted by Crippen LogP contribution is 2.27. The van der Waals surface area contributed by atoms with Crippen molar-refractivity contribution in [3.8, 4) is 0 Å². The van der Waals surface area contributed by atoms with Gasteiger partial charge in [0.05, 0.1) is 0 Å². The van der Waals surface area contributed by atoms with E-state index < -0.39 is 0 Å². The van der Waals surface area contributed by atoms with E-state index in [0.29, 0.717) is 12.1 Å². The number of rotatable bonds is 2. The van der Waals surface area contributed by atoms with Gasteiger partial charge in [-0.1, -0.05) is 22.9 Å². The molecule has 0 spiro atoms. The first-order chi connectivity index (χ1) is 8.11. The molecule has 2 atom stereocenters. The van der Waals surface area contributed by atoms with Gasteiger partial charge in [-0.2, -0.15) is 0 Å². The van der Waals surface area contributed by atoms with Gasteiger partial charge in [0.25, 0.3) is 0 Å². The second-order valence-corrected chi connectivity index (χ2v) is 5.87. The molecule has 3 heteroatoms. The highest BCUT2D eigenvalue weighted by atomic mass is 79.9. The summed E-state index contributed by atoms with van der Waals surface area (Å²) in [5.41, 5.74) is 2.74. The molecule has 1 aromatic rings. The second-order valence-electron chi connectivity index (χ2n) is 4.95. The third-order valence-corrected chi connectivity index (χ3v) is 4.05. The Kier molecular flexibility index (Phi) is 4.10. The SMILES string of the molecule is CCC1CNC(C)CN1c1ccc(Br)cc1C. The minimum absolute atomic E-state index is 0.570. The Morgan fingerprint density at radius 2 is 2.24 bits per heavy atom. The molecule has 2 unspecified atom stereocenters. The van der Waals surface area contributed by atoms with E-state index in [4.69, 9.17) is 0 Å². The lowest BCUT2D eigenvalue weighted by atomic mass is 10.0. The summed E-state index contributed by atoms with van der Waals surface area (Å²) in [4.78, 5) is 2.56. The largest absolute Gasteiger partial charge is 0.366 e. The van der Waals surface area contributed by atoms with Crippen molar-refractivity contribution in [2.24, 2.45) is 0 Å². The van der Waals surface area contributed by atoms with Gasteiger partial charge in [-0.05, 0) is 44.0 Å². The summed E-state index contributed by atoms with van der Waals surface area (Å²) < 4.78 is 1.16. The number of benzene rings is 1. The molecule has 0 aliphatic carbocycles. The van der Waals surface area contributed by atoms with Crippen LogP contribution >= 0.6 is 15.9 Å². The van der Waals surface area contributed by atoms with Crippen LogP contribution in [0.4, 0.5) is 5.69 Å². The predicted molar refractivity (Wildman–Crippen MR) is 77.8 cm³/mol. The Labute approximate surface area is 113 Å². The number of hydrogen-bond acceptors (Lipinski definition) is 2. The van der Waals surface area contributed by atoms with Gasteiger partial charge in [-0.15, -0.1) is 0 Å². The van der Waals surface area contributed by atoms with Gasteiger partial charge in [-0.25, -0.2) is 0 Å². The van der Waals surface area contributed by atoms with E-state index in [9.17, 15) is 0 Å². The van der Waals surface area contributed by atoms with Crippen molar-refractivity contribution in [3.63, 3.8) is 0 Å². The molecule has 0 saturated carbocycles. The zero-order valence-corrected chi connectivity index (χ0v) is 12.4. The minimum atomic E-state index is 0.570. The Bertz CT molecular complexity index is 392.